The molecule has 0 fully saturated rings. The first-order chi connectivity index (χ1) is 36.6. The molecule has 0 saturated carbocycles. The summed E-state index contributed by atoms with van der Waals surface area (Å²) in [5.41, 5.74) is 6.19. The first-order valence-corrected chi connectivity index (χ1v) is 25.7. The SMILES string of the molecule is CC[C@@]1(O)C(=O)OCc2c1cc1n(c2=O)Cc2c-1nc1cc(F)c(C)c3c1c2[C@@H](NC(=O)C(C)(C)CCN(CC(N)=O)C(=O)[C@H](Cc1ccccc1)NC(=O)CNC(=O)CNC(=O)CCCCCN1C(=O)C=CC1=O)CC3. The predicted molar refractivity (Wildman–Crippen MR) is 275 cm³/mol. The Hall–Kier alpha value is -8.14. The van der Waals surface area contributed by atoms with Crippen LogP contribution < -0.4 is 32.6 Å². The van der Waals surface area contributed by atoms with Gasteiger partial charge in [-0.2, -0.15) is 0 Å². The third-order valence-electron chi connectivity index (χ3n) is 15.0. The molecule has 21 nitrogen and oxygen atoms in total. The zero-order valence-corrected chi connectivity index (χ0v) is 43.3. The number of esters is 1. The molecule has 8 amide bonds. The number of cyclic esters (lactones) is 1. The Balaban J connectivity index is 0.933. The highest BCUT2D eigenvalue weighted by Gasteiger charge is 2.46. The summed E-state index contributed by atoms with van der Waals surface area (Å²) in [6.45, 7) is 4.86. The van der Waals surface area contributed by atoms with E-state index in [0.29, 0.717) is 82.2 Å². The largest absolute Gasteiger partial charge is 0.458 e. The van der Waals surface area contributed by atoms with Gasteiger partial charge in [0, 0.05) is 66.1 Å². The summed E-state index contributed by atoms with van der Waals surface area (Å²) in [4.78, 5) is 138. The van der Waals surface area contributed by atoms with Crippen molar-refractivity contribution >= 4 is 64.1 Å². The monoisotopic (exact) mass is 1060 g/mol. The lowest BCUT2D eigenvalue weighted by Gasteiger charge is -2.34. The molecule has 0 bridgehead atoms. The molecule has 3 atom stereocenters. The van der Waals surface area contributed by atoms with Gasteiger partial charge in [-0.1, -0.05) is 57.5 Å². The number of aliphatic hydroxyl groups is 1. The Morgan fingerprint density at radius 1 is 0.948 bits per heavy atom. The van der Waals surface area contributed by atoms with Gasteiger partial charge in [-0.3, -0.25) is 48.1 Å². The van der Waals surface area contributed by atoms with Crippen molar-refractivity contribution in [2.45, 2.75) is 116 Å². The molecular weight excluding hydrogens is 998 g/mol. The minimum Gasteiger partial charge on any atom is -0.458 e. The molecule has 5 heterocycles. The Morgan fingerprint density at radius 2 is 1.65 bits per heavy atom. The van der Waals surface area contributed by atoms with Crippen LogP contribution in [0.25, 0.3) is 22.3 Å². The quantitative estimate of drug-likeness (QED) is 0.0328. The smallest absolute Gasteiger partial charge is 0.343 e. The summed E-state index contributed by atoms with van der Waals surface area (Å²) in [6.07, 6.45) is 4.68. The number of fused-ring (bicyclic) bond motifs is 5. The molecule has 77 heavy (non-hydrogen) atoms. The number of aromatic nitrogens is 2. The second-order valence-corrected chi connectivity index (χ2v) is 20.6. The van der Waals surface area contributed by atoms with Crippen LogP contribution in [0.3, 0.4) is 0 Å². The minimum atomic E-state index is -2.07. The number of aryl methyl sites for hydroxylation is 1. The predicted octanol–water partition coefficient (Wildman–Crippen LogP) is 1.81. The van der Waals surface area contributed by atoms with E-state index in [0.717, 1.165) is 4.90 Å². The van der Waals surface area contributed by atoms with E-state index >= 15 is 4.39 Å². The summed E-state index contributed by atoms with van der Waals surface area (Å²) in [5, 5.41) is 22.9. The van der Waals surface area contributed by atoms with E-state index in [2.05, 4.69) is 21.3 Å². The zero-order valence-electron chi connectivity index (χ0n) is 43.3. The van der Waals surface area contributed by atoms with Crippen LogP contribution in [0.4, 0.5) is 4.39 Å². The number of primary amides is 1. The first kappa shape index (κ1) is 55.1. The van der Waals surface area contributed by atoms with Gasteiger partial charge < -0.3 is 46.3 Å². The van der Waals surface area contributed by atoms with Gasteiger partial charge >= 0.3 is 5.97 Å². The van der Waals surface area contributed by atoms with Crippen LogP contribution >= 0.6 is 0 Å². The van der Waals surface area contributed by atoms with Gasteiger partial charge in [0.2, 0.25) is 35.4 Å². The molecule has 0 radical (unpaired) electrons. The van der Waals surface area contributed by atoms with Crippen molar-refractivity contribution < 1.29 is 57.4 Å². The van der Waals surface area contributed by atoms with Gasteiger partial charge in [-0.05, 0) is 73.8 Å². The molecule has 406 valence electrons. The number of nitrogens with two attached hydrogens (primary N) is 1. The van der Waals surface area contributed by atoms with E-state index < -0.39 is 95.5 Å². The normalized spacial score (nSPS) is 17.5. The summed E-state index contributed by atoms with van der Waals surface area (Å²) < 4.78 is 22.3. The lowest BCUT2D eigenvalue weighted by Crippen LogP contribution is -2.54. The average molecular weight is 1060 g/mol. The summed E-state index contributed by atoms with van der Waals surface area (Å²) >= 11 is 0. The topological polar surface area (TPSA) is 299 Å². The zero-order chi connectivity index (χ0) is 55.5. The maximum absolute atomic E-state index is 15.6. The van der Waals surface area contributed by atoms with Crippen LogP contribution in [0.2, 0.25) is 0 Å². The molecule has 4 aromatic rings. The number of carbonyl (C=O) groups is 9. The van der Waals surface area contributed by atoms with Gasteiger partial charge in [0.25, 0.3) is 17.4 Å². The van der Waals surface area contributed by atoms with Gasteiger partial charge in [-0.25, -0.2) is 14.2 Å². The number of nitrogens with one attached hydrogen (secondary N) is 4. The second kappa shape index (κ2) is 22.6. The van der Waals surface area contributed by atoms with E-state index in [4.69, 9.17) is 15.5 Å². The van der Waals surface area contributed by atoms with Crippen molar-refractivity contribution in [3.63, 3.8) is 0 Å². The molecule has 0 saturated heterocycles. The van der Waals surface area contributed by atoms with Crippen molar-refractivity contribution in [3.8, 4) is 11.4 Å². The number of hydrogen-bond acceptors (Lipinski definition) is 13. The van der Waals surface area contributed by atoms with Crippen LogP contribution in [0.1, 0.15) is 111 Å². The molecular formula is C55H62FN9O12. The van der Waals surface area contributed by atoms with Crippen LogP contribution in [0, 0.1) is 18.2 Å². The van der Waals surface area contributed by atoms with Crippen LogP contribution in [0.5, 0.6) is 0 Å². The molecule has 7 N–H and O–H groups in total. The molecule has 1 aliphatic carbocycles. The number of imide groups is 1. The van der Waals surface area contributed by atoms with Crippen molar-refractivity contribution in [3.05, 3.63) is 110 Å². The number of unbranched alkanes of at least 4 members (excludes halogenated alkanes) is 2. The number of carbonyl (C=O) groups excluding carboxylic acids is 9. The number of nitrogens with zero attached hydrogens (tertiary/aromatic N) is 4. The van der Waals surface area contributed by atoms with Gasteiger partial charge in [-0.15, -0.1) is 0 Å². The highest BCUT2D eigenvalue weighted by atomic mass is 19.1. The average Bonchev–Trinajstić information content (AvgIpc) is 4.11. The molecule has 0 unspecified atom stereocenters. The van der Waals surface area contributed by atoms with Crippen LogP contribution in [-0.2, 0) is 79.5 Å². The summed E-state index contributed by atoms with van der Waals surface area (Å²) in [7, 11) is 0. The van der Waals surface area contributed by atoms with Gasteiger partial charge in [0.05, 0.1) is 54.7 Å². The van der Waals surface area contributed by atoms with E-state index in [1.165, 1.54) is 27.7 Å². The first-order valence-electron chi connectivity index (χ1n) is 25.7. The number of rotatable bonds is 22. The second-order valence-electron chi connectivity index (χ2n) is 20.6. The molecule has 2 aromatic carbocycles. The molecule has 0 spiro atoms. The van der Waals surface area contributed by atoms with Crippen LogP contribution in [0.15, 0.2) is 59.4 Å². The molecule has 4 aliphatic rings. The van der Waals surface area contributed by atoms with Crippen LogP contribution in [-0.4, -0.2) is 116 Å². The maximum Gasteiger partial charge on any atom is 0.343 e. The number of ether oxygens (including phenoxy) is 1. The minimum absolute atomic E-state index is 0.00891. The van der Waals surface area contributed by atoms with Gasteiger partial charge in [0.1, 0.15) is 18.5 Å². The molecule has 8 rings (SSSR count). The van der Waals surface area contributed by atoms with E-state index in [-0.39, 0.29) is 74.9 Å². The highest BCUT2D eigenvalue weighted by Crippen LogP contribution is 2.46. The van der Waals surface area contributed by atoms with Crippen molar-refractivity contribution in [1.82, 2.24) is 40.6 Å². The fourth-order valence-electron chi connectivity index (χ4n) is 10.4. The summed E-state index contributed by atoms with van der Waals surface area (Å²) in [6, 6.07) is 9.73. The Labute approximate surface area is 442 Å². The number of benzene rings is 2. The lowest BCUT2D eigenvalue weighted by atomic mass is 9.80. The van der Waals surface area contributed by atoms with Gasteiger partial charge in [0.15, 0.2) is 5.60 Å². The van der Waals surface area contributed by atoms with Crippen molar-refractivity contribution in [2.75, 3.05) is 32.7 Å². The van der Waals surface area contributed by atoms with Crippen molar-refractivity contribution in [1.29, 1.82) is 0 Å². The third-order valence-corrected chi connectivity index (χ3v) is 15.0. The number of pyridine rings is 2. The Kier molecular flexibility index (Phi) is 16.2. The fraction of sp³-hybridized carbons (Fsp3) is 0.436. The van der Waals surface area contributed by atoms with E-state index in [1.807, 2.05) is 0 Å². The number of amides is 8. The Morgan fingerprint density at radius 3 is 2.35 bits per heavy atom. The van der Waals surface area contributed by atoms with E-state index in [1.54, 1.807) is 64.1 Å². The highest BCUT2D eigenvalue weighted by molar-refractivity contribution is 6.12. The molecule has 2 aromatic heterocycles. The van der Waals surface area contributed by atoms with E-state index in [9.17, 15) is 53.1 Å². The third kappa shape index (κ3) is 11.5. The molecule has 3 aliphatic heterocycles. The standard InChI is InChI=1S/C55H62FN9O12/c1-5-55(76)35-23-40-49-33(27-65(40)50(72)34(35)29-77-53(55)75)48-37(16-15-32-30(2)36(56)24-38(61-49)47(32)48)62-52(74)54(3,4)19-21-63(28-41(57)66)51(73)39(22-31-12-8-6-9-13-31)60-44(69)26-59-43(68)25-58-42(67)14-10-7-11-20-64-45(70)17-18-46(64)71/h6,8-9,12-13,17-18,23-24,37,39,76H,5,7,10-11,14-16,19-22,25-29H2,1-4H3,(H2,57,66)(H,58,67)(H,59,68)(H,60,69)(H,62,74)/t37-,39-,55-/m0/s1. The van der Waals surface area contributed by atoms with Crippen molar-refractivity contribution in [2.24, 2.45) is 11.1 Å². The lowest BCUT2D eigenvalue weighted by molar-refractivity contribution is -0.172. The number of halogens is 1. The summed E-state index contributed by atoms with van der Waals surface area (Å²) in [5.74, 6) is -5.90. The number of hydrogen-bond donors (Lipinski definition) is 6. The molecule has 22 heteroatoms. The Bertz CT molecular complexity index is 3190. The fourth-order valence-corrected chi connectivity index (χ4v) is 10.4. The maximum atomic E-state index is 15.6.